The van der Waals surface area contributed by atoms with Gasteiger partial charge in [0.25, 0.3) is 0 Å². The third-order valence-corrected chi connectivity index (χ3v) is 5.92. The number of H-pyrrole nitrogens is 1. The minimum Gasteiger partial charge on any atom is -0.348 e. The highest BCUT2D eigenvalue weighted by molar-refractivity contribution is 5.22. The summed E-state index contributed by atoms with van der Waals surface area (Å²) in [6, 6.07) is 0. The standard InChI is InChI=1S/C16H25N3/c1-17-3-2-14-16(19-9-18-14)15-12-5-10-4-11(7-12)8-13(15)6-10/h9-13,15,17H,2-8H2,1H3,(H,18,19). The number of hydrogen-bond donors (Lipinski definition) is 2. The minimum atomic E-state index is 0.769. The molecule has 2 N–H and O–H groups in total. The first-order valence-electron chi connectivity index (χ1n) is 8.02. The first kappa shape index (κ1) is 12.0. The van der Waals surface area contributed by atoms with E-state index >= 15 is 0 Å². The molecule has 0 atom stereocenters. The van der Waals surface area contributed by atoms with Crippen LogP contribution in [0.3, 0.4) is 0 Å². The van der Waals surface area contributed by atoms with Gasteiger partial charge in [0.05, 0.1) is 12.0 Å². The molecule has 1 aromatic rings. The Hall–Kier alpha value is -0.830. The Morgan fingerprint density at radius 3 is 2.47 bits per heavy atom. The predicted octanol–water partition coefficient (Wildman–Crippen LogP) is 2.71. The van der Waals surface area contributed by atoms with Crippen molar-refractivity contribution in [3.05, 3.63) is 17.7 Å². The zero-order chi connectivity index (χ0) is 12.8. The average Bonchev–Trinajstić information content (AvgIpc) is 2.83. The van der Waals surface area contributed by atoms with E-state index in [1.165, 1.54) is 43.5 Å². The summed E-state index contributed by atoms with van der Waals surface area (Å²) in [6.45, 7) is 1.04. The second-order valence-electron chi connectivity index (χ2n) is 7.08. The van der Waals surface area contributed by atoms with Crippen molar-refractivity contribution < 1.29 is 0 Å². The highest BCUT2D eigenvalue weighted by Crippen LogP contribution is 2.59. The first-order valence-corrected chi connectivity index (χ1v) is 8.02. The Bertz CT molecular complexity index is 423. The van der Waals surface area contributed by atoms with Gasteiger partial charge < -0.3 is 10.3 Å². The van der Waals surface area contributed by atoms with Crippen LogP contribution in [0.5, 0.6) is 0 Å². The van der Waals surface area contributed by atoms with Crippen molar-refractivity contribution in [3.8, 4) is 0 Å². The molecule has 0 amide bonds. The molecule has 4 saturated carbocycles. The molecular weight excluding hydrogens is 234 g/mol. The fourth-order valence-electron chi connectivity index (χ4n) is 5.44. The van der Waals surface area contributed by atoms with Gasteiger partial charge in [-0.1, -0.05) is 0 Å². The lowest BCUT2D eigenvalue weighted by Crippen LogP contribution is -2.44. The molecule has 4 fully saturated rings. The van der Waals surface area contributed by atoms with Crippen LogP contribution < -0.4 is 5.32 Å². The zero-order valence-electron chi connectivity index (χ0n) is 11.9. The van der Waals surface area contributed by atoms with Gasteiger partial charge in [-0.2, -0.15) is 0 Å². The van der Waals surface area contributed by atoms with Crippen LogP contribution in [-0.4, -0.2) is 23.6 Å². The summed E-state index contributed by atoms with van der Waals surface area (Å²) < 4.78 is 0. The summed E-state index contributed by atoms with van der Waals surface area (Å²) in [5.74, 6) is 4.75. The van der Waals surface area contributed by atoms with Gasteiger partial charge in [0.2, 0.25) is 0 Å². The molecule has 4 aliphatic rings. The van der Waals surface area contributed by atoms with E-state index in [9.17, 15) is 0 Å². The fourth-order valence-corrected chi connectivity index (χ4v) is 5.44. The summed E-state index contributed by atoms with van der Waals surface area (Å²) in [5.41, 5.74) is 2.82. The minimum absolute atomic E-state index is 0.769. The van der Waals surface area contributed by atoms with E-state index in [1.807, 2.05) is 13.4 Å². The highest BCUT2D eigenvalue weighted by Gasteiger charge is 2.49. The number of aromatic nitrogens is 2. The van der Waals surface area contributed by atoms with Gasteiger partial charge in [-0.3, -0.25) is 0 Å². The van der Waals surface area contributed by atoms with Crippen LogP contribution >= 0.6 is 0 Å². The van der Waals surface area contributed by atoms with Crippen LogP contribution in [-0.2, 0) is 6.42 Å². The van der Waals surface area contributed by atoms with Gasteiger partial charge in [0.15, 0.2) is 0 Å². The fraction of sp³-hybridized carbons (Fsp3) is 0.812. The lowest BCUT2D eigenvalue weighted by atomic mass is 9.51. The van der Waals surface area contributed by atoms with E-state index in [2.05, 4.69) is 10.3 Å². The van der Waals surface area contributed by atoms with Crippen LogP contribution in [0, 0.1) is 23.7 Å². The molecule has 19 heavy (non-hydrogen) atoms. The third-order valence-electron chi connectivity index (χ3n) is 5.92. The summed E-state index contributed by atoms with van der Waals surface area (Å²) in [5, 5.41) is 3.25. The Labute approximate surface area is 115 Å². The Kier molecular flexibility index (Phi) is 2.91. The molecule has 104 valence electrons. The number of nitrogens with zero attached hydrogens (tertiary/aromatic N) is 1. The second-order valence-corrected chi connectivity index (χ2v) is 7.08. The van der Waals surface area contributed by atoms with Crippen LogP contribution in [0.2, 0.25) is 0 Å². The molecule has 3 nitrogen and oxygen atoms in total. The second kappa shape index (κ2) is 4.62. The van der Waals surface area contributed by atoms with Gasteiger partial charge in [0.1, 0.15) is 0 Å². The maximum Gasteiger partial charge on any atom is 0.0925 e. The number of aromatic amines is 1. The molecule has 5 rings (SSSR count). The first-order chi connectivity index (χ1) is 9.35. The number of hydrogen-bond acceptors (Lipinski definition) is 2. The van der Waals surface area contributed by atoms with Crippen molar-refractivity contribution in [2.75, 3.05) is 13.6 Å². The van der Waals surface area contributed by atoms with Crippen molar-refractivity contribution in [1.82, 2.24) is 15.3 Å². The molecule has 1 heterocycles. The molecule has 0 unspecified atom stereocenters. The van der Waals surface area contributed by atoms with Crippen LogP contribution in [0.15, 0.2) is 6.33 Å². The molecule has 0 spiro atoms. The number of likely N-dealkylation sites (N-methyl/N-ethyl adjacent to an activating group) is 1. The van der Waals surface area contributed by atoms with Gasteiger partial charge in [-0.05, 0) is 62.8 Å². The smallest absolute Gasteiger partial charge is 0.0925 e. The Morgan fingerprint density at radius 2 is 1.84 bits per heavy atom. The molecular formula is C16H25N3. The summed E-state index contributed by atoms with van der Waals surface area (Å²) in [7, 11) is 2.03. The molecule has 0 aliphatic heterocycles. The van der Waals surface area contributed by atoms with Crippen molar-refractivity contribution in [1.29, 1.82) is 0 Å². The highest BCUT2D eigenvalue weighted by atomic mass is 14.9. The van der Waals surface area contributed by atoms with Crippen molar-refractivity contribution >= 4 is 0 Å². The van der Waals surface area contributed by atoms with Gasteiger partial charge >= 0.3 is 0 Å². The SMILES string of the molecule is CNCCc1[nH]cnc1C1C2CC3CC(C2)CC1C3. The lowest BCUT2D eigenvalue weighted by Gasteiger charge is -2.54. The maximum atomic E-state index is 4.73. The molecule has 4 aliphatic carbocycles. The zero-order valence-corrected chi connectivity index (χ0v) is 11.9. The van der Waals surface area contributed by atoms with E-state index in [4.69, 9.17) is 4.98 Å². The van der Waals surface area contributed by atoms with E-state index in [-0.39, 0.29) is 0 Å². The number of nitrogens with one attached hydrogen (secondary N) is 2. The van der Waals surface area contributed by atoms with E-state index in [0.29, 0.717) is 0 Å². The predicted molar refractivity (Wildman–Crippen MR) is 76.0 cm³/mol. The monoisotopic (exact) mass is 259 g/mol. The average molecular weight is 259 g/mol. The van der Waals surface area contributed by atoms with E-state index < -0.39 is 0 Å². The van der Waals surface area contributed by atoms with Crippen LogP contribution in [0.1, 0.15) is 49.4 Å². The molecule has 0 radical (unpaired) electrons. The lowest BCUT2D eigenvalue weighted by molar-refractivity contribution is -0.00432. The van der Waals surface area contributed by atoms with Crippen molar-refractivity contribution in [2.24, 2.45) is 23.7 Å². The van der Waals surface area contributed by atoms with Gasteiger partial charge in [-0.25, -0.2) is 4.98 Å². The molecule has 4 bridgehead atoms. The molecule has 0 saturated heterocycles. The Morgan fingerprint density at radius 1 is 1.16 bits per heavy atom. The summed E-state index contributed by atoms with van der Waals surface area (Å²) in [4.78, 5) is 8.13. The summed E-state index contributed by atoms with van der Waals surface area (Å²) >= 11 is 0. The molecule has 1 aromatic heterocycles. The van der Waals surface area contributed by atoms with Crippen molar-refractivity contribution in [2.45, 2.75) is 44.4 Å². The van der Waals surface area contributed by atoms with E-state index in [1.54, 1.807) is 0 Å². The normalized spacial score (nSPS) is 39.9. The molecule has 3 heteroatoms. The molecule has 0 aromatic carbocycles. The number of imidazole rings is 1. The maximum absolute atomic E-state index is 4.73. The largest absolute Gasteiger partial charge is 0.348 e. The van der Waals surface area contributed by atoms with Crippen LogP contribution in [0.4, 0.5) is 0 Å². The van der Waals surface area contributed by atoms with Crippen LogP contribution in [0.25, 0.3) is 0 Å². The van der Waals surface area contributed by atoms with Crippen molar-refractivity contribution in [3.63, 3.8) is 0 Å². The Balaban J connectivity index is 1.60. The third kappa shape index (κ3) is 1.94. The topological polar surface area (TPSA) is 40.7 Å². The van der Waals surface area contributed by atoms with E-state index in [0.717, 1.165) is 42.6 Å². The summed E-state index contributed by atoms with van der Waals surface area (Å²) in [6.07, 6.45) is 10.5. The number of rotatable bonds is 4. The quantitative estimate of drug-likeness (QED) is 0.873. The van der Waals surface area contributed by atoms with Gasteiger partial charge in [0, 0.05) is 24.6 Å². The van der Waals surface area contributed by atoms with Gasteiger partial charge in [-0.15, -0.1) is 0 Å².